The molecule has 0 aliphatic carbocycles. The minimum Gasteiger partial charge on any atom is -0.444 e. The second kappa shape index (κ2) is 7.85. The topological polar surface area (TPSA) is 79.1 Å². The highest BCUT2D eigenvalue weighted by Gasteiger charge is 2.39. The van der Waals surface area contributed by atoms with E-state index in [1.807, 2.05) is 25.7 Å². The Labute approximate surface area is 165 Å². The van der Waals surface area contributed by atoms with Crippen LogP contribution in [0.25, 0.3) is 0 Å². The van der Waals surface area contributed by atoms with Crippen molar-refractivity contribution in [2.45, 2.75) is 45.3 Å². The van der Waals surface area contributed by atoms with Crippen molar-refractivity contribution in [3.05, 3.63) is 24.0 Å². The lowest BCUT2D eigenvalue weighted by molar-refractivity contribution is -0.136. The van der Waals surface area contributed by atoms with Gasteiger partial charge in [-0.25, -0.2) is 9.18 Å². The summed E-state index contributed by atoms with van der Waals surface area (Å²) in [6.07, 6.45) is 0.989. The minimum atomic E-state index is -0.595. The third kappa shape index (κ3) is 4.48. The standard InChI is InChI=1S/C20H29FN4O3/c1-20(2,3)28-19(27)25-8-4-5-17(25)18(26)24-11-9-23(10-12-24)16-7-6-14(22)13-15(16)21/h6-7,13,17H,4-5,8-12,22H2,1-3H3. The molecule has 2 fully saturated rings. The molecule has 0 radical (unpaired) electrons. The number of benzene rings is 1. The number of halogens is 1. The fraction of sp³-hybridized carbons (Fsp3) is 0.600. The van der Waals surface area contributed by atoms with Gasteiger partial charge in [0.25, 0.3) is 0 Å². The maximum absolute atomic E-state index is 14.2. The van der Waals surface area contributed by atoms with Gasteiger partial charge in [0.05, 0.1) is 5.69 Å². The number of amides is 2. The number of hydrogen-bond donors (Lipinski definition) is 1. The van der Waals surface area contributed by atoms with E-state index in [0.717, 1.165) is 6.42 Å². The molecule has 7 nitrogen and oxygen atoms in total. The van der Waals surface area contributed by atoms with Crippen LogP contribution in [0.1, 0.15) is 33.6 Å². The van der Waals surface area contributed by atoms with Gasteiger partial charge in [-0.15, -0.1) is 0 Å². The van der Waals surface area contributed by atoms with Crippen LogP contribution in [-0.2, 0) is 9.53 Å². The van der Waals surface area contributed by atoms with Crippen LogP contribution in [0.5, 0.6) is 0 Å². The summed E-state index contributed by atoms with van der Waals surface area (Å²) in [6, 6.07) is 4.18. The van der Waals surface area contributed by atoms with Crippen LogP contribution in [0.2, 0.25) is 0 Å². The van der Waals surface area contributed by atoms with Gasteiger partial charge in [-0.2, -0.15) is 0 Å². The van der Waals surface area contributed by atoms with Crippen LogP contribution in [-0.4, -0.2) is 66.2 Å². The molecule has 2 saturated heterocycles. The number of likely N-dealkylation sites (tertiary alicyclic amines) is 1. The Bertz CT molecular complexity index is 741. The molecular weight excluding hydrogens is 363 g/mol. The molecule has 0 spiro atoms. The monoisotopic (exact) mass is 392 g/mol. The maximum Gasteiger partial charge on any atom is 0.410 e. The number of nitrogens with two attached hydrogens (primary N) is 1. The Morgan fingerprint density at radius 3 is 2.43 bits per heavy atom. The zero-order valence-corrected chi connectivity index (χ0v) is 16.8. The van der Waals surface area contributed by atoms with E-state index in [4.69, 9.17) is 10.5 Å². The molecule has 1 atom stereocenters. The van der Waals surface area contributed by atoms with E-state index in [1.165, 1.54) is 6.07 Å². The zero-order chi connectivity index (χ0) is 20.5. The predicted octanol–water partition coefficient (Wildman–Crippen LogP) is 2.46. The van der Waals surface area contributed by atoms with Gasteiger partial charge >= 0.3 is 6.09 Å². The quantitative estimate of drug-likeness (QED) is 0.782. The second-order valence-corrected chi connectivity index (χ2v) is 8.35. The Kier molecular flexibility index (Phi) is 5.67. The van der Waals surface area contributed by atoms with Crippen molar-refractivity contribution in [1.29, 1.82) is 0 Å². The number of anilines is 2. The first-order valence-electron chi connectivity index (χ1n) is 9.74. The van der Waals surface area contributed by atoms with Gasteiger partial charge in [0.1, 0.15) is 17.5 Å². The second-order valence-electron chi connectivity index (χ2n) is 8.35. The molecule has 3 rings (SSSR count). The maximum atomic E-state index is 14.2. The lowest BCUT2D eigenvalue weighted by Crippen LogP contribution is -2.55. The van der Waals surface area contributed by atoms with E-state index in [9.17, 15) is 14.0 Å². The molecule has 28 heavy (non-hydrogen) atoms. The molecular formula is C20H29FN4O3. The number of nitrogen functional groups attached to an aromatic ring is 1. The van der Waals surface area contributed by atoms with Gasteiger partial charge in [-0.1, -0.05) is 0 Å². The first kappa shape index (κ1) is 20.2. The molecule has 2 N–H and O–H groups in total. The Morgan fingerprint density at radius 2 is 1.82 bits per heavy atom. The molecule has 2 heterocycles. The number of nitrogens with zero attached hydrogens (tertiary/aromatic N) is 3. The van der Waals surface area contributed by atoms with E-state index in [-0.39, 0.29) is 11.7 Å². The summed E-state index contributed by atoms with van der Waals surface area (Å²) >= 11 is 0. The summed E-state index contributed by atoms with van der Waals surface area (Å²) in [6.45, 7) is 8.01. The highest BCUT2D eigenvalue weighted by molar-refractivity contribution is 5.86. The van der Waals surface area contributed by atoms with Crippen LogP contribution in [0.15, 0.2) is 18.2 Å². The first-order valence-corrected chi connectivity index (χ1v) is 9.74. The van der Waals surface area contributed by atoms with Crippen molar-refractivity contribution < 1.29 is 18.7 Å². The van der Waals surface area contributed by atoms with E-state index in [0.29, 0.717) is 50.5 Å². The lowest BCUT2D eigenvalue weighted by Gasteiger charge is -2.38. The Hall–Kier alpha value is -2.51. The van der Waals surface area contributed by atoms with Crippen molar-refractivity contribution in [3.8, 4) is 0 Å². The number of rotatable bonds is 2. The van der Waals surface area contributed by atoms with Gasteiger partial charge in [-0.05, 0) is 51.8 Å². The van der Waals surface area contributed by atoms with Crippen LogP contribution < -0.4 is 10.6 Å². The van der Waals surface area contributed by atoms with Crippen molar-refractivity contribution in [2.75, 3.05) is 43.4 Å². The molecule has 0 bridgehead atoms. The van der Waals surface area contributed by atoms with E-state index < -0.39 is 17.7 Å². The SMILES string of the molecule is CC(C)(C)OC(=O)N1CCCC1C(=O)N1CCN(c2ccc(N)cc2F)CC1. The van der Waals surface area contributed by atoms with Gasteiger partial charge in [-0.3, -0.25) is 9.69 Å². The Morgan fingerprint density at radius 1 is 1.14 bits per heavy atom. The van der Waals surface area contributed by atoms with E-state index in [1.54, 1.807) is 21.9 Å². The van der Waals surface area contributed by atoms with Gasteiger partial charge < -0.3 is 20.3 Å². The molecule has 2 amide bonds. The fourth-order valence-electron chi connectivity index (χ4n) is 3.72. The molecule has 2 aliphatic heterocycles. The van der Waals surface area contributed by atoms with Crippen LogP contribution in [0.4, 0.5) is 20.6 Å². The Balaban J connectivity index is 1.60. The number of carbonyl (C=O) groups is 2. The summed E-state index contributed by atoms with van der Waals surface area (Å²) < 4.78 is 19.6. The fourth-order valence-corrected chi connectivity index (χ4v) is 3.72. The molecule has 1 aromatic carbocycles. The normalized spacial score (nSPS) is 20.4. The van der Waals surface area contributed by atoms with Gasteiger partial charge in [0.2, 0.25) is 5.91 Å². The van der Waals surface area contributed by atoms with Crippen molar-refractivity contribution in [3.63, 3.8) is 0 Å². The lowest BCUT2D eigenvalue weighted by atomic mass is 10.1. The molecule has 1 aromatic rings. The molecule has 0 aromatic heterocycles. The largest absolute Gasteiger partial charge is 0.444 e. The summed E-state index contributed by atoms with van der Waals surface area (Å²) in [4.78, 5) is 30.7. The van der Waals surface area contributed by atoms with Crippen LogP contribution >= 0.6 is 0 Å². The summed E-state index contributed by atoms with van der Waals surface area (Å²) in [5.74, 6) is -0.410. The van der Waals surface area contributed by atoms with Crippen molar-refractivity contribution in [2.24, 2.45) is 0 Å². The minimum absolute atomic E-state index is 0.0548. The van der Waals surface area contributed by atoms with Crippen molar-refractivity contribution >= 4 is 23.4 Å². The summed E-state index contributed by atoms with van der Waals surface area (Å²) in [5.41, 5.74) is 5.90. The molecule has 154 valence electrons. The molecule has 0 saturated carbocycles. The average molecular weight is 392 g/mol. The number of piperazine rings is 1. The third-order valence-corrected chi connectivity index (χ3v) is 5.07. The first-order chi connectivity index (χ1) is 13.2. The summed E-state index contributed by atoms with van der Waals surface area (Å²) in [7, 11) is 0. The van der Waals surface area contributed by atoms with Gasteiger partial charge in [0, 0.05) is 38.4 Å². The number of ether oxygens (including phenoxy) is 1. The zero-order valence-electron chi connectivity index (χ0n) is 16.8. The average Bonchev–Trinajstić information content (AvgIpc) is 3.10. The molecule has 8 heteroatoms. The van der Waals surface area contributed by atoms with Crippen LogP contribution in [0.3, 0.4) is 0 Å². The van der Waals surface area contributed by atoms with E-state index >= 15 is 0 Å². The number of hydrogen-bond acceptors (Lipinski definition) is 5. The van der Waals surface area contributed by atoms with Gasteiger partial charge in [0.15, 0.2) is 0 Å². The molecule has 2 aliphatic rings. The van der Waals surface area contributed by atoms with Crippen molar-refractivity contribution in [1.82, 2.24) is 9.80 Å². The highest BCUT2D eigenvalue weighted by Crippen LogP contribution is 2.25. The van der Waals surface area contributed by atoms with E-state index in [2.05, 4.69) is 0 Å². The highest BCUT2D eigenvalue weighted by atomic mass is 19.1. The molecule has 1 unspecified atom stereocenters. The van der Waals surface area contributed by atoms with Crippen LogP contribution in [0, 0.1) is 5.82 Å². The predicted molar refractivity (Wildman–Crippen MR) is 106 cm³/mol. The summed E-state index contributed by atoms with van der Waals surface area (Å²) in [5, 5.41) is 0. The number of carbonyl (C=O) groups excluding carboxylic acids is 2. The third-order valence-electron chi connectivity index (χ3n) is 5.07. The smallest absolute Gasteiger partial charge is 0.410 e.